The Hall–Kier alpha value is -1.88. The van der Waals surface area contributed by atoms with Crippen LogP contribution in [-0.2, 0) is 15.0 Å². The molecule has 1 saturated carbocycles. The van der Waals surface area contributed by atoms with Crippen molar-refractivity contribution in [1.29, 1.82) is 0 Å². The van der Waals surface area contributed by atoms with Crippen LogP contribution >= 0.6 is 0 Å². The van der Waals surface area contributed by atoms with E-state index in [1.807, 2.05) is 18.2 Å². The van der Waals surface area contributed by atoms with Crippen molar-refractivity contribution in [2.24, 2.45) is 5.73 Å². The Kier molecular flexibility index (Phi) is 4.39. The second-order valence-electron chi connectivity index (χ2n) is 6.79. The largest absolute Gasteiger partial charge is 0.335 e. The molecule has 0 bridgehead atoms. The van der Waals surface area contributed by atoms with Gasteiger partial charge in [0.25, 0.3) is 0 Å². The van der Waals surface area contributed by atoms with Gasteiger partial charge < -0.3 is 15.5 Å². The number of hydrogen-bond donors (Lipinski definition) is 1. The van der Waals surface area contributed by atoms with E-state index < -0.39 is 0 Å². The quantitative estimate of drug-likeness (QED) is 0.922. The second-order valence-corrected chi connectivity index (χ2v) is 6.79. The Balaban J connectivity index is 2.00. The molecule has 5 nitrogen and oxygen atoms in total. The summed E-state index contributed by atoms with van der Waals surface area (Å²) in [5.74, 6) is -0.0487. The number of hydrogen-bond acceptors (Lipinski definition) is 3. The summed E-state index contributed by atoms with van der Waals surface area (Å²) in [5.41, 5.74) is 8.11. The highest BCUT2D eigenvalue weighted by atomic mass is 16.2. The van der Waals surface area contributed by atoms with E-state index in [0.29, 0.717) is 6.54 Å². The molecule has 3 rings (SSSR count). The maximum atomic E-state index is 12.5. The van der Waals surface area contributed by atoms with Gasteiger partial charge in [-0.1, -0.05) is 37.5 Å². The van der Waals surface area contributed by atoms with Gasteiger partial charge in [-0.3, -0.25) is 9.59 Å². The fraction of sp³-hybridized carbons (Fsp3) is 0.556. The van der Waals surface area contributed by atoms with Gasteiger partial charge in [-0.15, -0.1) is 0 Å². The number of rotatable bonds is 3. The SMILES string of the molecule is CN1CC(=O)N(c2ccccc2C2(CN)CCCCC2)CC1=O. The molecule has 1 aliphatic heterocycles. The number of likely N-dealkylation sites (N-methyl/N-ethyl adjacent to an activating group) is 1. The first-order valence-corrected chi connectivity index (χ1v) is 8.41. The van der Waals surface area contributed by atoms with Gasteiger partial charge in [0.2, 0.25) is 11.8 Å². The lowest BCUT2D eigenvalue weighted by Crippen LogP contribution is -2.53. The van der Waals surface area contributed by atoms with Crippen LogP contribution in [0.1, 0.15) is 37.7 Å². The molecule has 5 heteroatoms. The monoisotopic (exact) mass is 315 g/mol. The number of carbonyl (C=O) groups excluding carboxylic acids is 2. The maximum absolute atomic E-state index is 12.5. The fourth-order valence-corrected chi connectivity index (χ4v) is 3.91. The summed E-state index contributed by atoms with van der Waals surface area (Å²) in [7, 11) is 1.67. The van der Waals surface area contributed by atoms with E-state index in [9.17, 15) is 9.59 Å². The van der Waals surface area contributed by atoms with Crippen molar-refractivity contribution in [2.75, 3.05) is 31.6 Å². The number of anilines is 1. The van der Waals surface area contributed by atoms with E-state index in [1.54, 1.807) is 11.9 Å². The van der Waals surface area contributed by atoms with Crippen LogP contribution in [0.5, 0.6) is 0 Å². The average molecular weight is 315 g/mol. The lowest BCUT2D eigenvalue weighted by molar-refractivity contribution is -0.136. The van der Waals surface area contributed by atoms with E-state index in [-0.39, 0.29) is 30.3 Å². The highest BCUT2D eigenvalue weighted by Crippen LogP contribution is 2.43. The summed E-state index contributed by atoms with van der Waals surface area (Å²) in [6.07, 6.45) is 5.69. The third kappa shape index (κ3) is 2.85. The van der Waals surface area contributed by atoms with Crippen molar-refractivity contribution in [3.8, 4) is 0 Å². The van der Waals surface area contributed by atoms with E-state index >= 15 is 0 Å². The topological polar surface area (TPSA) is 66.6 Å². The Morgan fingerprint density at radius 3 is 2.43 bits per heavy atom. The molecule has 1 aromatic rings. The summed E-state index contributed by atoms with van der Waals surface area (Å²) >= 11 is 0. The molecule has 0 spiro atoms. The molecule has 0 atom stereocenters. The Bertz CT molecular complexity index is 608. The van der Waals surface area contributed by atoms with Crippen LogP contribution < -0.4 is 10.6 Å². The number of carbonyl (C=O) groups is 2. The summed E-state index contributed by atoms with van der Waals surface area (Å²) in [4.78, 5) is 27.7. The van der Waals surface area contributed by atoms with Crippen molar-refractivity contribution >= 4 is 17.5 Å². The number of amides is 2. The highest BCUT2D eigenvalue weighted by molar-refractivity contribution is 6.05. The lowest BCUT2D eigenvalue weighted by atomic mass is 9.69. The standard InChI is InChI=1S/C18H25N3O2/c1-20-11-17(23)21(12-16(20)22)15-8-4-3-7-14(15)18(13-19)9-5-2-6-10-18/h3-4,7-8H,2,5-6,9-13,19H2,1H3. The highest BCUT2D eigenvalue weighted by Gasteiger charge is 2.37. The van der Waals surface area contributed by atoms with Gasteiger partial charge >= 0.3 is 0 Å². The van der Waals surface area contributed by atoms with Crippen molar-refractivity contribution in [3.63, 3.8) is 0 Å². The zero-order valence-corrected chi connectivity index (χ0v) is 13.8. The first kappa shape index (κ1) is 16.0. The van der Waals surface area contributed by atoms with Crippen LogP contribution in [0, 0.1) is 0 Å². The number of piperazine rings is 1. The van der Waals surface area contributed by atoms with Gasteiger partial charge in [-0.25, -0.2) is 0 Å². The van der Waals surface area contributed by atoms with Crippen molar-refractivity contribution < 1.29 is 9.59 Å². The molecule has 2 fully saturated rings. The van der Waals surface area contributed by atoms with Gasteiger partial charge in [0.15, 0.2) is 0 Å². The zero-order valence-electron chi connectivity index (χ0n) is 13.8. The van der Waals surface area contributed by atoms with Crippen LogP contribution in [0.25, 0.3) is 0 Å². The third-order valence-electron chi connectivity index (χ3n) is 5.36. The zero-order chi connectivity index (χ0) is 16.4. The molecule has 2 N–H and O–H groups in total. The number of para-hydroxylation sites is 1. The lowest BCUT2D eigenvalue weighted by Gasteiger charge is -2.41. The molecule has 1 aromatic carbocycles. The van der Waals surface area contributed by atoms with Gasteiger partial charge in [0, 0.05) is 24.7 Å². The predicted molar refractivity (Wildman–Crippen MR) is 90.2 cm³/mol. The van der Waals surface area contributed by atoms with E-state index in [0.717, 1.165) is 24.1 Å². The first-order valence-electron chi connectivity index (χ1n) is 8.41. The van der Waals surface area contributed by atoms with Crippen molar-refractivity contribution in [3.05, 3.63) is 29.8 Å². The molecule has 0 radical (unpaired) electrons. The van der Waals surface area contributed by atoms with E-state index in [4.69, 9.17) is 5.73 Å². The minimum Gasteiger partial charge on any atom is -0.335 e. The minimum absolute atomic E-state index is 0.0233. The van der Waals surface area contributed by atoms with Gasteiger partial charge in [0.1, 0.15) is 6.54 Å². The molecule has 1 saturated heterocycles. The van der Waals surface area contributed by atoms with Crippen molar-refractivity contribution in [2.45, 2.75) is 37.5 Å². The molecule has 1 heterocycles. The van der Waals surface area contributed by atoms with Crippen LogP contribution in [0.2, 0.25) is 0 Å². The van der Waals surface area contributed by atoms with Crippen LogP contribution in [0.3, 0.4) is 0 Å². The maximum Gasteiger partial charge on any atom is 0.247 e. The summed E-state index contributed by atoms with van der Waals surface area (Å²) < 4.78 is 0. The third-order valence-corrected chi connectivity index (χ3v) is 5.36. The van der Waals surface area contributed by atoms with Gasteiger partial charge in [0.05, 0.1) is 6.54 Å². The van der Waals surface area contributed by atoms with Crippen LogP contribution in [-0.4, -0.2) is 43.4 Å². The smallest absolute Gasteiger partial charge is 0.247 e. The molecular weight excluding hydrogens is 290 g/mol. The fourth-order valence-electron chi connectivity index (χ4n) is 3.91. The molecule has 124 valence electrons. The first-order chi connectivity index (χ1) is 11.1. The Morgan fingerprint density at radius 2 is 1.74 bits per heavy atom. The normalized spacial score (nSPS) is 21.7. The number of nitrogens with two attached hydrogens (primary N) is 1. The molecule has 0 unspecified atom stereocenters. The molecule has 0 aromatic heterocycles. The molecule has 23 heavy (non-hydrogen) atoms. The summed E-state index contributed by atoms with van der Waals surface area (Å²) in [6.45, 7) is 0.843. The second kappa shape index (κ2) is 6.32. The van der Waals surface area contributed by atoms with E-state index in [2.05, 4.69) is 6.07 Å². The average Bonchev–Trinajstić information content (AvgIpc) is 2.59. The Morgan fingerprint density at radius 1 is 1.04 bits per heavy atom. The summed E-state index contributed by atoms with van der Waals surface area (Å²) in [6, 6.07) is 7.98. The molecule has 2 aliphatic rings. The van der Waals surface area contributed by atoms with Gasteiger partial charge in [-0.05, 0) is 24.5 Å². The predicted octanol–water partition coefficient (Wildman–Crippen LogP) is 1.65. The number of nitrogens with zero attached hydrogens (tertiary/aromatic N) is 2. The Labute approximate surface area is 137 Å². The molecular formula is C18H25N3O2. The molecule has 2 amide bonds. The summed E-state index contributed by atoms with van der Waals surface area (Å²) in [5, 5.41) is 0. The van der Waals surface area contributed by atoms with Crippen LogP contribution in [0.4, 0.5) is 5.69 Å². The minimum atomic E-state index is -0.0679. The number of benzene rings is 1. The van der Waals surface area contributed by atoms with E-state index in [1.165, 1.54) is 24.2 Å². The van der Waals surface area contributed by atoms with Gasteiger partial charge in [-0.2, -0.15) is 0 Å². The molecule has 1 aliphatic carbocycles. The van der Waals surface area contributed by atoms with Crippen LogP contribution in [0.15, 0.2) is 24.3 Å². The van der Waals surface area contributed by atoms with Crippen molar-refractivity contribution in [1.82, 2.24) is 4.90 Å².